The van der Waals surface area contributed by atoms with Crippen LogP contribution in [0.25, 0.3) is 0 Å². The summed E-state index contributed by atoms with van der Waals surface area (Å²) in [7, 11) is 4.08. The van der Waals surface area contributed by atoms with Crippen LogP contribution in [0.5, 0.6) is 0 Å². The van der Waals surface area contributed by atoms with Crippen molar-refractivity contribution >= 4 is 17.2 Å². The quantitative estimate of drug-likeness (QED) is 0.583. The molecule has 0 bridgehead atoms. The van der Waals surface area contributed by atoms with Gasteiger partial charge in [-0.2, -0.15) is 0 Å². The summed E-state index contributed by atoms with van der Waals surface area (Å²) in [6.07, 6.45) is 4.26. The van der Waals surface area contributed by atoms with Crippen LogP contribution in [0.4, 0.5) is 11.4 Å². The number of hydrogen-bond donors (Lipinski definition) is 2. The summed E-state index contributed by atoms with van der Waals surface area (Å²) in [6.45, 7) is 0.883. The second kappa shape index (κ2) is 9.15. The third-order valence-corrected chi connectivity index (χ3v) is 4.66. The summed E-state index contributed by atoms with van der Waals surface area (Å²) in [4.78, 5) is 19.3. The number of pyridine rings is 1. The van der Waals surface area contributed by atoms with Gasteiger partial charge in [-0.1, -0.05) is 42.5 Å². The minimum atomic E-state index is -0.0323. The Labute approximate surface area is 166 Å². The van der Waals surface area contributed by atoms with Crippen molar-refractivity contribution in [3.63, 3.8) is 0 Å². The zero-order valence-corrected chi connectivity index (χ0v) is 16.3. The Hall–Kier alpha value is -3.18. The molecular formula is C23H26N4O. The zero-order valence-electron chi connectivity index (χ0n) is 16.3. The van der Waals surface area contributed by atoms with Gasteiger partial charge in [0.25, 0.3) is 0 Å². The maximum atomic E-state index is 13.0. The van der Waals surface area contributed by atoms with Gasteiger partial charge in [0.1, 0.15) is 0 Å². The molecule has 0 aliphatic heterocycles. The van der Waals surface area contributed by atoms with Gasteiger partial charge in [-0.15, -0.1) is 0 Å². The number of hydrogen-bond acceptors (Lipinski definition) is 5. The van der Waals surface area contributed by atoms with Crippen LogP contribution in [-0.4, -0.2) is 36.3 Å². The Bertz CT molecular complexity index is 925. The van der Waals surface area contributed by atoms with E-state index < -0.39 is 0 Å². The number of carbonyl (C=O) groups is 1. The molecule has 144 valence electrons. The van der Waals surface area contributed by atoms with E-state index in [1.54, 1.807) is 12.4 Å². The normalized spacial score (nSPS) is 12.0. The molecule has 1 unspecified atom stereocenters. The lowest BCUT2D eigenvalue weighted by Crippen LogP contribution is -2.21. The molecule has 3 rings (SSSR count). The van der Waals surface area contributed by atoms with Crippen LogP contribution >= 0.6 is 0 Å². The summed E-state index contributed by atoms with van der Waals surface area (Å²) < 4.78 is 0. The molecule has 2 aromatic carbocycles. The third kappa shape index (κ3) is 4.75. The first-order chi connectivity index (χ1) is 13.6. The Morgan fingerprint density at radius 2 is 1.79 bits per heavy atom. The van der Waals surface area contributed by atoms with Crippen LogP contribution < -0.4 is 11.1 Å². The van der Waals surface area contributed by atoms with E-state index in [0.29, 0.717) is 16.8 Å². The third-order valence-electron chi connectivity index (χ3n) is 4.66. The molecule has 0 radical (unpaired) electrons. The minimum absolute atomic E-state index is 0.00207. The van der Waals surface area contributed by atoms with Crippen LogP contribution in [0.1, 0.15) is 33.9 Å². The Kier molecular flexibility index (Phi) is 6.40. The molecule has 0 fully saturated rings. The number of nitrogens with one attached hydrogen (secondary N) is 1. The van der Waals surface area contributed by atoms with E-state index in [2.05, 4.69) is 15.2 Å². The SMILES string of the molecule is CN(C)CCC(Nc1ccccc1C(=O)c1ccccc1)c1ccncc1N. The molecule has 0 aliphatic carbocycles. The maximum absolute atomic E-state index is 13.0. The van der Waals surface area contributed by atoms with E-state index >= 15 is 0 Å². The predicted octanol–water partition coefficient (Wildman–Crippen LogP) is 4.00. The fourth-order valence-electron chi connectivity index (χ4n) is 3.17. The summed E-state index contributed by atoms with van der Waals surface area (Å²) in [5.41, 5.74) is 9.94. The van der Waals surface area contributed by atoms with Gasteiger partial charge in [0.15, 0.2) is 5.78 Å². The summed E-state index contributed by atoms with van der Waals surface area (Å²) in [5.74, 6) is -0.00207. The van der Waals surface area contributed by atoms with E-state index in [9.17, 15) is 4.79 Å². The number of aromatic nitrogens is 1. The fraction of sp³-hybridized carbons (Fsp3) is 0.217. The Morgan fingerprint density at radius 3 is 2.50 bits per heavy atom. The summed E-state index contributed by atoms with van der Waals surface area (Å²) in [6, 6.07) is 18.9. The van der Waals surface area contributed by atoms with Crippen LogP contribution in [-0.2, 0) is 0 Å². The molecule has 3 aromatic rings. The predicted molar refractivity (Wildman–Crippen MR) is 115 cm³/mol. The largest absolute Gasteiger partial charge is 0.397 e. The van der Waals surface area contributed by atoms with Gasteiger partial charge in [-0.05, 0) is 45.3 Å². The minimum Gasteiger partial charge on any atom is -0.397 e. The average Bonchev–Trinajstić information content (AvgIpc) is 2.72. The Morgan fingerprint density at radius 1 is 1.07 bits per heavy atom. The monoisotopic (exact) mass is 374 g/mol. The van der Waals surface area contributed by atoms with Crippen molar-refractivity contribution in [2.75, 3.05) is 31.7 Å². The standard InChI is InChI=1S/C23H26N4O/c1-27(2)15-13-22(18-12-14-25-16-20(18)24)26-21-11-7-6-10-19(21)23(28)17-8-4-3-5-9-17/h3-12,14,16,22,26H,13,15,24H2,1-2H3. The van der Waals surface area contributed by atoms with Crippen LogP contribution in [0, 0.1) is 0 Å². The second-order valence-electron chi connectivity index (χ2n) is 7.03. The van der Waals surface area contributed by atoms with E-state index in [4.69, 9.17) is 5.73 Å². The van der Waals surface area contributed by atoms with Gasteiger partial charge < -0.3 is 16.0 Å². The van der Waals surface area contributed by atoms with Crippen molar-refractivity contribution in [2.24, 2.45) is 0 Å². The number of rotatable bonds is 8. The van der Waals surface area contributed by atoms with E-state index in [1.165, 1.54) is 0 Å². The van der Waals surface area contributed by atoms with Gasteiger partial charge in [-0.25, -0.2) is 0 Å². The number of nitrogens with two attached hydrogens (primary N) is 1. The van der Waals surface area contributed by atoms with Crippen molar-refractivity contribution in [2.45, 2.75) is 12.5 Å². The first-order valence-corrected chi connectivity index (χ1v) is 9.35. The molecule has 0 spiro atoms. The highest BCUT2D eigenvalue weighted by molar-refractivity contribution is 6.12. The smallest absolute Gasteiger partial charge is 0.195 e. The van der Waals surface area contributed by atoms with Crippen LogP contribution in [0.3, 0.4) is 0 Å². The molecule has 3 N–H and O–H groups in total. The molecule has 0 saturated carbocycles. The molecule has 1 heterocycles. The first-order valence-electron chi connectivity index (χ1n) is 9.35. The zero-order chi connectivity index (χ0) is 19.9. The molecule has 1 aromatic heterocycles. The molecule has 0 amide bonds. The number of nitrogens with zero attached hydrogens (tertiary/aromatic N) is 2. The van der Waals surface area contributed by atoms with E-state index in [-0.39, 0.29) is 11.8 Å². The molecule has 5 heteroatoms. The first kappa shape index (κ1) is 19.6. The van der Waals surface area contributed by atoms with Gasteiger partial charge in [0, 0.05) is 28.6 Å². The molecule has 1 atom stereocenters. The summed E-state index contributed by atoms with van der Waals surface area (Å²) in [5, 5.41) is 3.56. The van der Waals surface area contributed by atoms with Crippen molar-refractivity contribution < 1.29 is 4.79 Å². The van der Waals surface area contributed by atoms with Gasteiger partial charge in [0.05, 0.1) is 17.9 Å². The van der Waals surface area contributed by atoms with E-state index in [0.717, 1.165) is 24.2 Å². The van der Waals surface area contributed by atoms with Crippen LogP contribution in [0.2, 0.25) is 0 Å². The second-order valence-corrected chi connectivity index (χ2v) is 7.03. The van der Waals surface area contributed by atoms with Gasteiger partial charge in [-0.3, -0.25) is 9.78 Å². The fourth-order valence-corrected chi connectivity index (χ4v) is 3.17. The number of benzene rings is 2. The lowest BCUT2D eigenvalue weighted by atomic mass is 9.99. The number of ketones is 1. The molecular weight excluding hydrogens is 348 g/mol. The van der Waals surface area contributed by atoms with E-state index in [1.807, 2.05) is 74.8 Å². The van der Waals surface area contributed by atoms with Crippen LogP contribution in [0.15, 0.2) is 73.1 Å². The van der Waals surface area contributed by atoms with Crippen molar-refractivity contribution in [3.05, 3.63) is 89.7 Å². The molecule has 0 aliphatic rings. The highest BCUT2D eigenvalue weighted by Gasteiger charge is 2.19. The highest BCUT2D eigenvalue weighted by atomic mass is 16.1. The lowest BCUT2D eigenvalue weighted by Gasteiger charge is -2.24. The van der Waals surface area contributed by atoms with Gasteiger partial charge in [0.2, 0.25) is 0 Å². The summed E-state index contributed by atoms with van der Waals surface area (Å²) >= 11 is 0. The van der Waals surface area contributed by atoms with Gasteiger partial charge >= 0.3 is 0 Å². The highest BCUT2D eigenvalue weighted by Crippen LogP contribution is 2.29. The maximum Gasteiger partial charge on any atom is 0.195 e. The molecule has 28 heavy (non-hydrogen) atoms. The number of anilines is 2. The average molecular weight is 374 g/mol. The van der Waals surface area contributed by atoms with Crippen molar-refractivity contribution in [3.8, 4) is 0 Å². The number of carbonyl (C=O) groups excluding carboxylic acids is 1. The number of para-hydroxylation sites is 1. The Balaban J connectivity index is 1.93. The molecule has 5 nitrogen and oxygen atoms in total. The van der Waals surface area contributed by atoms with Crippen molar-refractivity contribution in [1.29, 1.82) is 0 Å². The lowest BCUT2D eigenvalue weighted by molar-refractivity contribution is 0.103. The number of nitrogen functional groups attached to an aromatic ring is 1. The van der Waals surface area contributed by atoms with Crippen molar-refractivity contribution in [1.82, 2.24) is 9.88 Å². The topological polar surface area (TPSA) is 71.2 Å². The molecule has 0 saturated heterocycles.